The zero-order valence-electron chi connectivity index (χ0n) is 33.5. The summed E-state index contributed by atoms with van der Waals surface area (Å²) in [4.78, 5) is 0. The summed E-state index contributed by atoms with van der Waals surface area (Å²) in [5.74, 6) is 13.7. The van der Waals surface area contributed by atoms with Crippen molar-refractivity contribution in [3.63, 3.8) is 0 Å². The Kier molecular flexibility index (Phi) is 9.29. The van der Waals surface area contributed by atoms with E-state index < -0.39 is 0 Å². The molecule has 6 fully saturated rings. The van der Waals surface area contributed by atoms with Crippen molar-refractivity contribution in [1.82, 2.24) is 10.6 Å². The average Bonchev–Trinajstić information content (AvgIpc) is 3.75. The van der Waals surface area contributed by atoms with Gasteiger partial charge in [0.2, 0.25) is 0 Å². The molecule has 5 saturated carbocycles. The fourth-order valence-corrected chi connectivity index (χ4v) is 15.3. The minimum absolute atomic E-state index is 0.0930. The summed E-state index contributed by atoms with van der Waals surface area (Å²) in [7, 11) is 0. The van der Waals surface area contributed by atoms with Gasteiger partial charge in [-0.3, -0.25) is 0 Å². The third kappa shape index (κ3) is 5.83. The van der Waals surface area contributed by atoms with Crippen molar-refractivity contribution in [1.29, 1.82) is 0 Å². The summed E-state index contributed by atoms with van der Waals surface area (Å²) >= 11 is 0. The zero-order valence-corrected chi connectivity index (χ0v) is 33.5. The lowest BCUT2D eigenvalue weighted by atomic mass is 9.44. The molecule has 2 bridgehead atoms. The van der Waals surface area contributed by atoms with Gasteiger partial charge < -0.3 is 20.8 Å². The molecule has 4 N–H and O–H groups in total. The minimum atomic E-state index is -0.383. The molecule has 7 aliphatic carbocycles. The van der Waals surface area contributed by atoms with E-state index in [1.807, 2.05) is 6.92 Å². The van der Waals surface area contributed by atoms with Crippen LogP contribution in [0.2, 0.25) is 0 Å². The second-order valence-corrected chi connectivity index (χ2v) is 20.5. The number of fused-ring (bicyclic) bond motifs is 8. The molecule has 1 aliphatic heterocycles. The zero-order chi connectivity index (χ0) is 36.9. The van der Waals surface area contributed by atoms with E-state index in [9.17, 15) is 10.2 Å². The molecule has 8 aliphatic rings. The van der Waals surface area contributed by atoms with Crippen LogP contribution in [0.15, 0.2) is 65.3 Å². The summed E-state index contributed by atoms with van der Waals surface area (Å²) in [6, 6.07) is 11.7. The van der Waals surface area contributed by atoms with Crippen LogP contribution in [0, 0.1) is 75.9 Å². The van der Waals surface area contributed by atoms with Crippen molar-refractivity contribution < 1.29 is 10.2 Å². The number of piperidine rings is 1. The second-order valence-electron chi connectivity index (χ2n) is 20.5. The van der Waals surface area contributed by atoms with Crippen LogP contribution in [0.4, 0.5) is 0 Å². The van der Waals surface area contributed by atoms with Gasteiger partial charge in [0.05, 0.1) is 12.2 Å². The van der Waals surface area contributed by atoms with Crippen LogP contribution in [0.3, 0.4) is 0 Å². The van der Waals surface area contributed by atoms with E-state index in [4.69, 9.17) is 0 Å². The van der Waals surface area contributed by atoms with Crippen molar-refractivity contribution in [2.24, 2.45) is 64.1 Å². The molecule has 0 amide bonds. The first kappa shape index (κ1) is 36.5. The Labute approximate surface area is 321 Å². The monoisotopic (exact) mass is 717 g/mol. The van der Waals surface area contributed by atoms with Crippen LogP contribution < -0.4 is 10.6 Å². The standard InChI is InChI=1S/C49H68N2O2/c1-29(2)37-23-42-30(3)19-38-26-47(42,5)49(27-37)18-17-33(16-15-32-11-8-7-9-12-32)41(49)14-10-13-34-21-39-22-36-20-35-24-43(50-28-31(4)52)44(53)25-40(35)45(36)48(39,6)51-46(34)38/h7-9,11-12,19,31,33-37,39-41,43-46,50-53H,1,13,15-18,20-28H2,2-6H3/t31-,33-,34-,35+,36+,37-,39+,40+,41-,43+,44-,45+,46+,47-,48-,49-/m0/s1. The van der Waals surface area contributed by atoms with Gasteiger partial charge in [-0.1, -0.05) is 78.1 Å². The molecule has 1 saturated heterocycles. The van der Waals surface area contributed by atoms with Crippen LogP contribution in [-0.2, 0) is 6.42 Å². The fourth-order valence-electron chi connectivity index (χ4n) is 15.3. The highest BCUT2D eigenvalue weighted by molar-refractivity contribution is 5.46. The highest BCUT2D eigenvalue weighted by Crippen LogP contribution is 2.71. The second kappa shape index (κ2) is 13.5. The third-order valence-electron chi connectivity index (χ3n) is 17.7. The maximum Gasteiger partial charge on any atom is 0.0696 e. The third-order valence-corrected chi connectivity index (χ3v) is 17.7. The molecule has 1 aromatic rings. The SMILES string of the molecule is C=C(C)[C@H]1CC2=C(C)C=C3C[C@]2(C)[C@@]2(CC[C@H](CCc4ccccc4)[C@@H]2C#CC[C@H]2C[C@@H]4C[C@H]5C[C@@H]6C[C@@H](NC[C@H](C)O)[C@@H](O)C[C@H]6[C@@H]5[C@@]4(C)N[C@@H]32)C1. The number of hydrogen-bond acceptors (Lipinski definition) is 4. The Balaban J connectivity index is 1.05. The fraction of sp³-hybridized carbons (Fsp3) is 0.714. The van der Waals surface area contributed by atoms with E-state index in [-0.39, 0.29) is 34.6 Å². The summed E-state index contributed by atoms with van der Waals surface area (Å²) in [5, 5.41) is 29.5. The lowest BCUT2D eigenvalue weighted by molar-refractivity contribution is -0.0107. The highest BCUT2D eigenvalue weighted by atomic mass is 16.3. The quantitative estimate of drug-likeness (QED) is 0.168. The number of allylic oxidation sites excluding steroid dienone is 4. The van der Waals surface area contributed by atoms with Crippen molar-refractivity contribution in [2.75, 3.05) is 6.54 Å². The van der Waals surface area contributed by atoms with Gasteiger partial charge in [0.25, 0.3) is 0 Å². The Morgan fingerprint density at radius 2 is 1.87 bits per heavy atom. The predicted octanol–water partition coefficient (Wildman–Crippen LogP) is 8.80. The maximum absolute atomic E-state index is 11.4. The number of rotatable bonds is 7. The van der Waals surface area contributed by atoms with Crippen LogP contribution in [-0.4, -0.2) is 46.6 Å². The maximum atomic E-state index is 11.4. The Morgan fingerprint density at radius 1 is 1.08 bits per heavy atom. The lowest BCUT2D eigenvalue weighted by Crippen LogP contribution is -2.64. The van der Waals surface area contributed by atoms with Crippen LogP contribution in [0.25, 0.3) is 0 Å². The number of nitrogens with one attached hydrogen (secondary N) is 2. The van der Waals surface area contributed by atoms with Gasteiger partial charge >= 0.3 is 0 Å². The van der Waals surface area contributed by atoms with Crippen molar-refractivity contribution >= 4 is 0 Å². The molecule has 4 nitrogen and oxygen atoms in total. The predicted molar refractivity (Wildman–Crippen MR) is 216 cm³/mol. The van der Waals surface area contributed by atoms with Gasteiger partial charge in [-0.25, -0.2) is 0 Å². The van der Waals surface area contributed by atoms with E-state index in [0.717, 1.165) is 31.6 Å². The topological polar surface area (TPSA) is 64.5 Å². The van der Waals surface area contributed by atoms with Gasteiger partial charge in [-0.2, -0.15) is 0 Å². The first-order valence-electron chi connectivity index (χ1n) is 21.9. The molecular weight excluding hydrogens is 649 g/mol. The normalized spacial score (nSPS) is 47.2. The van der Waals surface area contributed by atoms with Crippen molar-refractivity contribution in [3.05, 3.63) is 70.8 Å². The summed E-state index contributed by atoms with van der Waals surface area (Å²) in [5.41, 5.74) is 8.17. The molecule has 1 spiro atoms. The largest absolute Gasteiger partial charge is 0.392 e. The van der Waals surface area contributed by atoms with E-state index in [0.29, 0.717) is 59.9 Å². The van der Waals surface area contributed by atoms with Gasteiger partial charge in [0.15, 0.2) is 0 Å². The molecule has 9 rings (SSSR count). The molecule has 16 atom stereocenters. The first-order valence-corrected chi connectivity index (χ1v) is 21.9. The van der Waals surface area contributed by atoms with Gasteiger partial charge in [-0.05, 0) is 168 Å². The molecule has 1 aromatic carbocycles. The summed E-state index contributed by atoms with van der Waals surface area (Å²) < 4.78 is 0. The Bertz CT molecular complexity index is 1720. The number of aliphatic hydroxyl groups excluding tert-OH is 2. The molecule has 0 aromatic heterocycles. The Hall–Kier alpha value is -2.16. The Morgan fingerprint density at radius 3 is 2.64 bits per heavy atom. The van der Waals surface area contributed by atoms with Gasteiger partial charge in [0.1, 0.15) is 0 Å². The smallest absolute Gasteiger partial charge is 0.0696 e. The minimum Gasteiger partial charge on any atom is -0.392 e. The molecular formula is C49H68N2O2. The summed E-state index contributed by atoms with van der Waals surface area (Å²) in [6.07, 6.45) is 17.4. The first-order chi connectivity index (χ1) is 25.4. The van der Waals surface area contributed by atoms with Gasteiger partial charge in [-0.15, -0.1) is 5.92 Å². The van der Waals surface area contributed by atoms with E-state index >= 15 is 0 Å². The lowest BCUT2D eigenvalue weighted by Gasteiger charge is -2.60. The molecule has 286 valence electrons. The van der Waals surface area contributed by atoms with Crippen LogP contribution in [0.5, 0.6) is 0 Å². The molecule has 0 unspecified atom stereocenters. The number of hydrogen-bond donors (Lipinski definition) is 4. The van der Waals surface area contributed by atoms with E-state index in [1.54, 1.807) is 16.7 Å². The number of benzene rings is 1. The number of aliphatic hydroxyl groups is 2. The van der Waals surface area contributed by atoms with Crippen LogP contribution >= 0.6 is 0 Å². The van der Waals surface area contributed by atoms with E-state index in [2.05, 4.69) is 93.2 Å². The molecule has 53 heavy (non-hydrogen) atoms. The van der Waals surface area contributed by atoms with Crippen molar-refractivity contribution in [3.8, 4) is 11.8 Å². The molecule has 4 heteroatoms. The molecule has 1 heterocycles. The van der Waals surface area contributed by atoms with Gasteiger partial charge in [0, 0.05) is 36.5 Å². The van der Waals surface area contributed by atoms with E-state index in [1.165, 1.54) is 68.9 Å². The summed E-state index contributed by atoms with van der Waals surface area (Å²) in [6.45, 7) is 17.0. The highest BCUT2D eigenvalue weighted by Gasteiger charge is 2.66. The molecule has 0 radical (unpaired) electrons. The van der Waals surface area contributed by atoms with Crippen LogP contribution in [0.1, 0.15) is 117 Å². The average molecular weight is 717 g/mol. The number of aryl methyl sites for hydroxylation is 1. The van der Waals surface area contributed by atoms with Crippen molar-refractivity contribution in [2.45, 2.75) is 148 Å².